The van der Waals surface area contributed by atoms with Crippen molar-refractivity contribution in [2.24, 2.45) is 0 Å². The summed E-state index contributed by atoms with van der Waals surface area (Å²) >= 11 is 0. The Kier molecular flexibility index (Phi) is 3.50. The van der Waals surface area contributed by atoms with Gasteiger partial charge in [-0.25, -0.2) is 0 Å². The van der Waals surface area contributed by atoms with E-state index in [0.29, 0.717) is 0 Å². The molecule has 0 aromatic carbocycles. The molecule has 1 saturated heterocycles. The van der Waals surface area contributed by atoms with E-state index in [9.17, 15) is 9.90 Å². The van der Waals surface area contributed by atoms with Gasteiger partial charge in [-0.15, -0.1) is 0 Å². The molecule has 4 heteroatoms. The maximum atomic E-state index is 11.7. The van der Waals surface area contributed by atoms with Crippen LogP contribution in [0.1, 0.15) is 33.6 Å². The highest BCUT2D eigenvalue weighted by molar-refractivity contribution is 5.82. The molecule has 0 radical (unpaired) electrons. The molecular formula is C10H20N2O2. The van der Waals surface area contributed by atoms with E-state index >= 15 is 0 Å². The molecule has 14 heavy (non-hydrogen) atoms. The van der Waals surface area contributed by atoms with Crippen LogP contribution in [0.15, 0.2) is 0 Å². The van der Waals surface area contributed by atoms with Crippen molar-refractivity contribution in [3.05, 3.63) is 0 Å². The molecule has 0 aliphatic carbocycles. The van der Waals surface area contributed by atoms with Gasteiger partial charge in [0.15, 0.2) is 0 Å². The zero-order chi connectivity index (χ0) is 10.8. The minimum absolute atomic E-state index is 0.00611. The first-order chi connectivity index (χ1) is 6.43. The van der Waals surface area contributed by atoms with Gasteiger partial charge in [-0.2, -0.15) is 0 Å². The van der Waals surface area contributed by atoms with E-state index < -0.39 is 11.6 Å². The number of aliphatic hydroxyl groups is 1. The van der Waals surface area contributed by atoms with Crippen LogP contribution in [0.2, 0.25) is 0 Å². The third-order valence-corrected chi connectivity index (χ3v) is 2.87. The van der Waals surface area contributed by atoms with Crippen LogP contribution >= 0.6 is 0 Å². The molecule has 0 spiro atoms. The number of rotatable bonds is 3. The van der Waals surface area contributed by atoms with Crippen LogP contribution in [-0.2, 0) is 4.79 Å². The minimum atomic E-state index is -0.554. The van der Waals surface area contributed by atoms with E-state index in [0.717, 1.165) is 19.4 Å². The monoisotopic (exact) mass is 200 g/mol. The van der Waals surface area contributed by atoms with Crippen LogP contribution in [-0.4, -0.2) is 35.2 Å². The summed E-state index contributed by atoms with van der Waals surface area (Å²) in [4.78, 5) is 11.7. The second kappa shape index (κ2) is 4.28. The van der Waals surface area contributed by atoms with Gasteiger partial charge in [0.1, 0.15) is 0 Å². The molecule has 82 valence electrons. The molecule has 1 aliphatic rings. The summed E-state index contributed by atoms with van der Waals surface area (Å²) in [5.74, 6) is -0.00611. The topological polar surface area (TPSA) is 61.4 Å². The second-order valence-electron chi connectivity index (χ2n) is 4.54. The Balaban J connectivity index is 2.46. The fourth-order valence-electron chi connectivity index (χ4n) is 1.42. The normalized spacial score (nSPS) is 24.7. The molecular weight excluding hydrogens is 180 g/mol. The molecule has 2 atom stereocenters. The standard InChI is InChI=1S/C10H20N2O2/c1-7(13)10(2,3)12-9(14)8-5-4-6-11-8/h7-8,11,13H,4-6H2,1-3H3,(H,12,14)/t7?,8-/m1/s1. The summed E-state index contributed by atoms with van der Waals surface area (Å²) in [5.41, 5.74) is -0.554. The summed E-state index contributed by atoms with van der Waals surface area (Å²) in [6.07, 6.45) is 1.39. The first kappa shape index (κ1) is 11.5. The number of hydrogen-bond acceptors (Lipinski definition) is 3. The van der Waals surface area contributed by atoms with Crippen LogP contribution in [0.25, 0.3) is 0 Å². The Morgan fingerprint density at radius 1 is 1.64 bits per heavy atom. The zero-order valence-corrected chi connectivity index (χ0v) is 9.13. The van der Waals surface area contributed by atoms with Crippen molar-refractivity contribution >= 4 is 5.91 Å². The average molecular weight is 200 g/mol. The first-order valence-electron chi connectivity index (χ1n) is 5.17. The second-order valence-corrected chi connectivity index (χ2v) is 4.54. The van der Waals surface area contributed by atoms with Gasteiger partial charge in [-0.3, -0.25) is 4.79 Å². The van der Waals surface area contributed by atoms with Gasteiger partial charge in [0.05, 0.1) is 17.7 Å². The van der Waals surface area contributed by atoms with Gasteiger partial charge in [-0.1, -0.05) is 0 Å². The van der Waals surface area contributed by atoms with Gasteiger partial charge in [0.2, 0.25) is 5.91 Å². The maximum absolute atomic E-state index is 11.7. The van der Waals surface area contributed by atoms with Crippen LogP contribution in [0.3, 0.4) is 0 Å². The van der Waals surface area contributed by atoms with Crippen molar-refractivity contribution in [1.82, 2.24) is 10.6 Å². The van der Waals surface area contributed by atoms with Crippen molar-refractivity contribution < 1.29 is 9.90 Å². The highest BCUT2D eigenvalue weighted by Crippen LogP contribution is 2.11. The van der Waals surface area contributed by atoms with E-state index in [4.69, 9.17) is 0 Å². The van der Waals surface area contributed by atoms with Gasteiger partial charge >= 0.3 is 0 Å². The Bertz CT molecular complexity index is 208. The first-order valence-corrected chi connectivity index (χ1v) is 5.17. The molecule has 3 N–H and O–H groups in total. The Morgan fingerprint density at radius 2 is 2.29 bits per heavy atom. The van der Waals surface area contributed by atoms with E-state index in [-0.39, 0.29) is 11.9 Å². The van der Waals surface area contributed by atoms with Crippen molar-refractivity contribution in [3.63, 3.8) is 0 Å². The van der Waals surface area contributed by atoms with Crippen LogP contribution in [0.5, 0.6) is 0 Å². The molecule has 1 fully saturated rings. The van der Waals surface area contributed by atoms with E-state index in [1.807, 2.05) is 13.8 Å². The summed E-state index contributed by atoms with van der Waals surface area (Å²) in [6, 6.07) is -0.0759. The van der Waals surface area contributed by atoms with E-state index in [1.54, 1.807) is 6.92 Å². The molecule has 1 rings (SSSR count). The van der Waals surface area contributed by atoms with Crippen LogP contribution in [0.4, 0.5) is 0 Å². The van der Waals surface area contributed by atoms with Crippen molar-refractivity contribution in [2.75, 3.05) is 6.54 Å². The lowest BCUT2D eigenvalue weighted by molar-refractivity contribution is -0.125. The highest BCUT2D eigenvalue weighted by Gasteiger charge is 2.30. The fraction of sp³-hybridized carbons (Fsp3) is 0.900. The Hall–Kier alpha value is -0.610. The number of hydrogen-bond donors (Lipinski definition) is 3. The van der Waals surface area contributed by atoms with E-state index in [2.05, 4.69) is 10.6 Å². The molecule has 0 aromatic rings. The largest absolute Gasteiger partial charge is 0.391 e. The molecule has 4 nitrogen and oxygen atoms in total. The van der Waals surface area contributed by atoms with Crippen molar-refractivity contribution in [2.45, 2.75) is 51.3 Å². The molecule has 0 saturated carbocycles. The predicted octanol–water partition coefficient (Wildman–Crippen LogP) is 0.0140. The predicted molar refractivity (Wildman–Crippen MR) is 54.9 cm³/mol. The quantitative estimate of drug-likeness (QED) is 0.601. The molecule has 0 bridgehead atoms. The lowest BCUT2D eigenvalue weighted by Gasteiger charge is -2.30. The van der Waals surface area contributed by atoms with Gasteiger partial charge < -0.3 is 15.7 Å². The number of nitrogens with one attached hydrogen (secondary N) is 2. The van der Waals surface area contributed by atoms with Crippen molar-refractivity contribution in [3.8, 4) is 0 Å². The lowest BCUT2D eigenvalue weighted by Crippen LogP contribution is -2.55. The number of amides is 1. The zero-order valence-electron chi connectivity index (χ0n) is 9.13. The molecule has 1 heterocycles. The fourth-order valence-corrected chi connectivity index (χ4v) is 1.42. The average Bonchev–Trinajstić information content (AvgIpc) is 2.54. The van der Waals surface area contributed by atoms with Gasteiger partial charge in [-0.05, 0) is 40.2 Å². The minimum Gasteiger partial charge on any atom is -0.391 e. The number of aliphatic hydroxyl groups excluding tert-OH is 1. The maximum Gasteiger partial charge on any atom is 0.237 e. The third kappa shape index (κ3) is 2.69. The van der Waals surface area contributed by atoms with Crippen LogP contribution in [0, 0.1) is 0 Å². The third-order valence-electron chi connectivity index (χ3n) is 2.87. The highest BCUT2D eigenvalue weighted by atomic mass is 16.3. The summed E-state index contributed by atoms with van der Waals surface area (Å²) in [5, 5.41) is 15.4. The molecule has 0 aromatic heterocycles. The van der Waals surface area contributed by atoms with Crippen molar-refractivity contribution in [1.29, 1.82) is 0 Å². The van der Waals surface area contributed by atoms with Gasteiger partial charge in [0.25, 0.3) is 0 Å². The molecule has 1 aliphatic heterocycles. The smallest absolute Gasteiger partial charge is 0.237 e. The lowest BCUT2D eigenvalue weighted by atomic mass is 9.98. The summed E-state index contributed by atoms with van der Waals surface area (Å²) < 4.78 is 0. The molecule has 1 amide bonds. The summed E-state index contributed by atoms with van der Waals surface area (Å²) in [6.45, 7) is 6.24. The number of carbonyl (C=O) groups excluding carboxylic acids is 1. The van der Waals surface area contributed by atoms with Crippen LogP contribution < -0.4 is 10.6 Å². The van der Waals surface area contributed by atoms with E-state index in [1.165, 1.54) is 0 Å². The Morgan fingerprint density at radius 3 is 2.71 bits per heavy atom. The van der Waals surface area contributed by atoms with Gasteiger partial charge in [0, 0.05) is 0 Å². The Labute approximate surface area is 85.1 Å². The number of carbonyl (C=O) groups is 1. The summed E-state index contributed by atoms with van der Waals surface area (Å²) in [7, 11) is 0. The SMILES string of the molecule is CC(O)C(C)(C)NC(=O)[C@H]1CCCN1. The molecule has 1 unspecified atom stereocenters.